The number of amides is 1. The summed E-state index contributed by atoms with van der Waals surface area (Å²) in [5.74, 6) is -3.00. The second-order valence-corrected chi connectivity index (χ2v) is 2.58. The number of alkyl halides is 2. The molecule has 0 unspecified atom stereocenters. The molecule has 7 heteroatoms. The van der Waals surface area contributed by atoms with Gasteiger partial charge >= 0.3 is 0 Å². The quantitative estimate of drug-likeness (QED) is 0.780. The van der Waals surface area contributed by atoms with Gasteiger partial charge in [0.15, 0.2) is 0 Å². The van der Waals surface area contributed by atoms with E-state index in [-0.39, 0.29) is 5.88 Å². The van der Waals surface area contributed by atoms with E-state index in [2.05, 4.69) is 9.72 Å². The fourth-order valence-electron chi connectivity index (χ4n) is 1.03. The van der Waals surface area contributed by atoms with Crippen LogP contribution in [0.1, 0.15) is 22.3 Å². The topological polar surface area (TPSA) is 65.2 Å². The first-order chi connectivity index (χ1) is 6.97. The number of ether oxygens (including phenoxy) is 1. The maximum Gasteiger partial charge on any atom is 0.264 e. The predicted octanol–water partition coefficient (Wildman–Crippen LogP) is 1.27. The fraction of sp³-hybridized carbons (Fsp3) is 0.250. The molecule has 0 atom stereocenters. The minimum atomic E-state index is -3.03. The third-order valence-corrected chi connectivity index (χ3v) is 1.67. The average Bonchev–Trinajstić information content (AvgIpc) is 2.15. The second-order valence-electron chi connectivity index (χ2n) is 2.58. The van der Waals surface area contributed by atoms with Crippen LogP contribution in [0.5, 0.6) is 5.88 Å². The van der Waals surface area contributed by atoms with Gasteiger partial charge in [0.2, 0.25) is 11.8 Å². The van der Waals surface area contributed by atoms with Crippen LogP contribution in [0.25, 0.3) is 0 Å². The van der Waals surface area contributed by atoms with Crippen LogP contribution in [-0.2, 0) is 0 Å². The van der Waals surface area contributed by atoms with Gasteiger partial charge in [0.25, 0.3) is 12.3 Å². The summed E-state index contributed by atoms with van der Waals surface area (Å²) in [6.07, 6.45) is -3.03. The van der Waals surface area contributed by atoms with E-state index in [9.17, 15) is 18.0 Å². The lowest BCUT2D eigenvalue weighted by atomic mass is 10.1. The summed E-state index contributed by atoms with van der Waals surface area (Å²) in [6.45, 7) is 0. The Hall–Kier alpha value is -1.79. The molecule has 0 radical (unpaired) electrons. The predicted molar refractivity (Wildman–Crippen MR) is 44.2 cm³/mol. The van der Waals surface area contributed by atoms with E-state index in [0.717, 1.165) is 13.2 Å². The van der Waals surface area contributed by atoms with Gasteiger partial charge in [-0.2, -0.15) is 9.37 Å². The van der Waals surface area contributed by atoms with E-state index < -0.39 is 29.4 Å². The van der Waals surface area contributed by atoms with Crippen LogP contribution >= 0.6 is 0 Å². The highest BCUT2D eigenvalue weighted by atomic mass is 19.3. The molecule has 0 bridgehead atoms. The molecule has 1 aromatic rings. The number of halogens is 3. The molecule has 1 heterocycles. The van der Waals surface area contributed by atoms with Crippen molar-refractivity contribution in [3.05, 3.63) is 23.1 Å². The Bertz CT molecular complexity index is 396. The third kappa shape index (κ3) is 2.17. The zero-order chi connectivity index (χ0) is 11.6. The molecule has 1 aromatic heterocycles. The van der Waals surface area contributed by atoms with Crippen LogP contribution in [0.4, 0.5) is 13.2 Å². The molecular formula is C8H7F3N2O2. The molecule has 4 nitrogen and oxygen atoms in total. The number of primary amides is 1. The highest BCUT2D eigenvalue weighted by Crippen LogP contribution is 2.27. The monoisotopic (exact) mass is 220 g/mol. The number of nitrogens with zero attached hydrogens (tertiary/aromatic N) is 1. The van der Waals surface area contributed by atoms with Gasteiger partial charge in [-0.3, -0.25) is 4.79 Å². The molecule has 0 aromatic carbocycles. The summed E-state index contributed by atoms with van der Waals surface area (Å²) in [5, 5.41) is 0. The number of aromatic nitrogens is 1. The first-order valence-corrected chi connectivity index (χ1v) is 3.79. The number of nitrogens with two attached hydrogens (primary N) is 1. The molecule has 82 valence electrons. The summed E-state index contributed by atoms with van der Waals surface area (Å²) in [7, 11) is 1.14. The average molecular weight is 220 g/mol. The summed E-state index contributed by atoms with van der Waals surface area (Å²) in [6, 6.07) is 0.772. The Balaban J connectivity index is 3.42. The molecule has 1 rings (SSSR count). The highest BCUT2D eigenvalue weighted by Gasteiger charge is 2.23. The van der Waals surface area contributed by atoms with E-state index >= 15 is 0 Å². The smallest absolute Gasteiger partial charge is 0.264 e. The molecule has 0 spiro atoms. The van der Waals surface area contributed by atoms with E-state index in [1.807, 2.05) is 0 Å². The van der Waals surface area contributed by atoms with Crippen molar-refractivity contribution < 1.29 is 22.7 Å². The summed E-state index contributed by atoms with van der Waals surface area (Å²) >= 11 is 0. The van der Waals surface area contributed by atoms with Crippen molar-refractivity contribution in [3.63, 3.8) is 0 Å². The van der Waals surface area contributed by atoms with Crippen molar-refractivity contribution >= 4 is 5.91 Å². The third-order valence-electron chi connectivity index (χ3n) is 1.67. The van der Waals surface area contributed by atoms with Crippen molar-refractivity contribution in [1.29, 1.82) is 0 Å². The highest BCUT2D eigenvalue weighted by molar-refractivity contribution is 5.94. The van der Waals surface area contributed by atoms with Crippen LogP contribution in [0.3, 0.4) is 0 Å². The molecule has 0 saturated heterocycles. The van der Waals surface area contributed by atoms with Crippen LogP contribution < -0.4 is 10.5 Å². The van der Waals surface area contributed by atoms with E-state index in [1.165, 1.54) is 0 Å². The van der Waals surface area contributed by atoms with Gasteiger partial charge in [0.05, 0.1) is 7.11 Å². The summed E-state index contributed by atoms with van der Waals surface area (Å²) in [5.41, 5.74) is 3.01. The largest absolute Gasteiger partial charge is 0.481 e. The van der Waals surface area contributed by atoms with E-state index in [0.29, 0.717) is 0 Å². The first-order valence-electron chi connectivity index (χ1n) is 3.79. The maximum absolute atomic E-state index is 13.1. The SMILES string of the molecule is COc1cc(C(F)F)c(C(N)=O)c(F)n1. The van der Waals surface area contributed by atoms with Crippen molar-refractivity contribution in [3.8, 4) is 5.88 Å². The van der Waals surface area contributed by atoms with Gasteiger partial charge in [0.1, 0.15) is 5.56 Å². The minimum absolute atomic E-state index is 0.340. The number of pyridine rings is 1. The minimum Gasteiger partial charge on any atom is -0.481 e. The lowest BCUT2D eigenvalue weighted by molar-refractivity contribution is 0.0979. The van der Waals surface area contributed by atoms with Crippen molar-refractivity contribution in [2.45, 2.75) is 6.43 Å². The molecular weight excluding hydrogens is 213 g/mol. The zero-order valence-electron chi connectivity index (χ0n) is 7.63. The molecule has 0 aliphatic rings. The Morgan fingerprint density at radius 1 is 1.60 bits per heavy atom. The van der Waals surface area contributed by atoms with Gasteiger partial charge in [-0.1, -0.05) is 0 Å². The van der Waals surface area contributed by atoms with Gasteiger partial charge in [0, 0.05) is 11.6 Å². The number of carbonyl (C=O) groups is 1. The molecule has 2 N–H and O–H groups in total. The number of methoxy groups -OCH3 is 1. The normalized spacial score (nSPS) is 10.5. The Kier molecular flexibility index (Phi) is 3.13. The maximum atomic E-state index is 13.1. The van der Waals surface area contributed by atoms with E-state index in [4.69, 9.17) is 5.73 Å². The molecule has 15 heavy (non-hydrogen) atoms. The van der Waals surface area contributed by atoms with Crippen molar-refractivity contribution in [1.82, 2.24) is 4.98 Å². The van der Waals surface area contributed by atoms with Gasteiger partial charge in [-0.05, 0) is 0 Å². The standard InChI is InChI=1S/C8H7F3N2O2/c1-15-4-2-3(6(9)10)5(8(12)14)7(11)13-4/h2,6H,1H3,(H2,12,14). The lowest BCUT2D eigenvalue weighted by Crippen LogP contribution is -2.17. The Morgan fingerprint density at radius 2 is 2.20 bits per heavy atom. The summed E-state index contributed by atoms with van der Waals surface area (Å²) in [4.78, 5) is 13.8. The van der Waals surface area contributed by atoms with Gasteiger partial charge in [-0.15, -0.1) is 0 Å². The first kappa shape index (κ1) is 11.3. The molecule has 1 amide bonds. The second kappa shape index (κ2) is 4.16. The number of hydrogen-bond acceptors (Lipinski definition) is 3. The fourth-order valence-corrected chi connectivity index (χ4v) is 1.03. The molecule has 0 fully saturated rings. The van der Waals surface area contributed by atoms with Crippen LogP contribution in [0.15, 0.2) is 6.07 Å². The molecule has 0 aliphatic heterocycles. The van der Waals surface area contributed by atoms with Crippen LogP contribution in [0, 0.1) is 5.95 Å². The van der Waals surface area contributed by atoms with Gasteiger partial charge in [-0.25, -0.2) is 8.78 Å². The number of rotatable bonds is 3. The Labute approximate surface area is 82.9 Å². The van der Waals surface area contributed by atoms with Crippen LogP contribution in [0.2, 0.25) is 0 Å². The van der Waals surface area contributed by atoms with Gasteiger partial charge < -0.3 is 10.5 Å². The molecule has 0 saturated carbocycles. The number of carbonyl (C=O) groups excluding carboxylic acids is 1. The number of hydrogen-bond donors (Lipinski definition) is 1. The van der Waals surface area contributed by atoms with Crippen molar-refractivity contribution in [2.75, 3.05) is 7.11 Å². The van der Waals surface area contributed by atoms with E-state index in [1.54, 1.807) is 0 Å². The van der Waals surface area contributed by atoms with Crippen molar-refractivity contribution in [2.24, 2.45) is 5.73 Å². The Morgan fingerprint density at radius 3 is 2.60 bits per heavy atom. The zero-order valence-corrected chi connectivity index (χ0v) is 7.63. The molecule has 0 aliphatic carbocycles. The summed E-state index contributed by atoms with van der Waals surface area (Å²) < 4.78 is 42.4. The lowest BCUT2D eigenvalue weighted by Gasteiger charge is -2.08. The van der Waals surface area contributed by atoms with Crippen LogP contribution in [-0.4, -0.2) is 18.0 Å².